The largest absolute Gasteiger partial charge is 0.335 e. The lowest BCUT2D eigenvalue weighted by atomic mass is 10.4. The minimum Gasteiger partial charge on any atom is -0.330 e. The van der Waals surface area contributed by atoms with Crippen molar-refractivity contribution in [2.24, 2.45) is 7.05 Å². The second kappa shape index (κ2) is 6.79. The number of hydrogen-bond acceptors (Lipinski definition) is 6. The van der Waals surface area contributed by atoms with Crippen LogP contribution in [-0.4, -0.2) is 32.2 Å². The maximum absolute atomic E-state index is 12.1. The summed E-state index contributed by atoms with van der Waals surface area (Å²) in [4.78, 5) is 63.1. The van der Waals surface area contributed by atoms with Crippen molar-refractivity contribution in [2.45, 2.75) is 25.8 Å². The summed E-state index contributed by atoms with van der Waals surface area (Å²) in [5.41, 5.74) is -0.977. The summed E-state index contributed by atoms with van der Waals surface area (Å²) < 4.78 is 2.22. The van der Waals surface area contributed by atoms with E-state index in [9.17, 15) is 24.0 Å². The molecule has 0 bridgehead atoms. The summed E-state index contributed by atoms with van der Waals surface area (Å²) in [7, 11) is 1.37. The normalized spacial score (nSPS) is 14.5. The van der Waals surface area contributed by atoms with Gasteiger partial charge < -0.3 is 4.84 Å². The zero-order valence-corrected chi connectivity index (χ0v) is 15.0. The third-order valence-electron chi connectivity index (χ3n) is 3.19. The van der Waals surface area contributed by atoms with Crippen LogP contribution in [0.15, 0.2) is 18.5 Å². The van der Waals surface area contributed by atoms with Crippen molar-refractivity contribution < 1.29 is 19.2 Å². The van der Waals surface area contributed by atoms with E-state index in [2.05, 4.69) is 31.9 Å². The first-order valence-corrected chi connectivity index (χ1v) is 8.04. The summed E-state index contributed by atoms with van der Waals surface area (Å²) in [5.74, 6) is -2.02. The topological polar surface area (TPSA) is 108 Å². The van der Waals surface area contributed by atoms with Gasteiger partial charge in [-0.3, -0.25) is 19.2 Å². The molecule has 0 aliphatic carbocycles. The van der Waals surface area contributed by atoms with Crippen molar-refractivity contribution in [2.75, 3.05) is 0 Å². The van der Waals surface area contributed by atoms with Gasteiger partial charge in [0, 0.05) is 19.9 Å². The molecule has 0 unspecified atom stereocenters. The maximum atomic E-state index is 12.1. The van der Waals surface area contributed by atoms with Gasteiger partial charge in [-0.2, -0.15) is 0 Å². The fourth-order valence-electron chi connectivity index (χ4n) is 1.94. The Morgan fingerprint density at radius 3 is 2.13 bits per heavy atom. The quantitative estimate of drug-likeness (QED) is 0.598. The molecule has 2 heterocycles. The van der Waals surface area contributed by atoms with Crippen LogP contribution in [0.3, 0.4) is 0 Å². The standard InChI is InChI=1S/C12H11Br2N3O6/c1-15-11(21)9(13)10(14)12(22)16(15)5-4-8(20)23-17-6(18)2-3-7(17)19/h2-5H2,1H3. The molecule has 0 spiro atoms. The molecule has 124 valence electrons. The number of hydrogen-bond donors (Lipinski definition) is 0. The summed E-state index contributed by atoms with van der Waals surface area (Å²) in [6, 6.07) is 0. The fraction of sp³-hybridized carbons (Fsp3) is 0.417. The number of nitrogens with zero attached hydrogens (tertiary/aromatic N) is 3. The lowest BCUT2D eigenvalue weighted by molar-refractivity contribution is -0.197. The highest BCUT2D eigenvalue weighted by Crippen LogP contribution is 2.14. The van der Waals surface area contributed by atoms with Crippen LogP contribution in [0.5, 0.6) is 0 Å². The van der Waals surface area contributed by atoms with Crippen LogP contribution in [0.4, 0.5) is 0 Å². The van der Waals surface area contributed by atoms with Gasteiger partial charge in [0.15, 0.2) is 0 Å². The molecule has 9 nitrogen and oxygen atoms in total. The lowest BCUT2D eigenvalue weighted by Gasteiger charge is -2.15. The summed E-state index contributed by atoms with van der Waals surface area (Å²) in [6.45, 7) is -0.147. The number of hydroxylamine groups is 2. The van der Waals surface area contributed by atoms with Crippen LogP contribution in [0.2, 0.25) is 0 Å². The van der Waals surface area contributed by atoms with Gasteiger partial charge in [-0.25, -0.2) is 14.2 Å². The number of carbonyl (C=O) groups is 3. The summed E-state index contributed by atoms with van der Waals surface area (Å²) in [5, 5.41) is 0.432. The van der Waals surface area contributed by atoms with E-state index in [1.807, 2.05) is 0 Å². The number of halogens is 2. The van der Waals surface area contributed by atoms with Gasteiger partial charge >= 0.3 is 5.97 Å². The van der Waals surface area contributed by atoms with Crippen molar-refractivity contribution in [1.29, 1.82) is 0 Å². The van der Waals surface area contributed by atoms with E-state index in [-0.39, 0.29) is 34.8 Å². The Morgan fingerprint density at radius 2 is 1.57 bits per heavy atom. The molecule has 0 radical (unpaired) electrons. The molecule has 1 saturated heterocycles. The summed E-state index contributed by atoms with van der Waals surface area (Å²) >= 11 is 6.00. The van der Waals surface area contributed by atoms with Crippen molar-refractivity contribution in [3.05, 3.63) is 29.7 Å². The van der Waals surface area contributed by atoms with E-state index < -0.39 is 28.9 Å². The van der Waals surface area contributed by atoms with Crippen LogP contribution in [0.1, 0.15) is 19.3 Å². The molecule has 0 aromatic carbocycles. The molecular formula is C12H11Br2N3O6. The SMILES string of the molecule is Cn1c(=O)c(Br)c(Br)c(=O)n1CCC(=O)ON1C(=O)CCC1=O. The lowest BCUT2D eigenvalue weighted by Crippen LogP contribution is -2.39. The number of aromatic nitrogens is 2. The molecule has 2 rings (SSSR count). The third kappa shape index (κ3) is 3.44. The highest BCUT2D eigenvalue weighted by atomic mass is 79.9. The van der Waals surface area contributed by atoms with Gasteiger partial charge in [0.1, 0.15) is 8.95 Å². The van der Waals surface area contributed by atoms with Crippen molar-refractivity contribution in [1.82, 2.24) is 14.4 Å². The Bertz CT molecular complexity index is 796. The molecule has 1 aliphatic heterocycles. The average Bonchev–Trinajstić information content (AvgIpc) is 2.83. The van der Waals surface area contributed by atoms with Crippen molar-refractivity contribution in [3.63, 3.8) is 0 Å². The molecule has 11 heteroatoms. The monoisotopic (exact) mass is 451 g/mol. The van der Waals surface area contributed by atoms with Crippen molar-refractivity contribution >= 4 is 49.6 Å². The predicted molar refractivity (Wildman–Crippen MR) is 83.1 cm³/mol. The first-order chi connectivity index (χ1) is 10.7. The number of rotatable bonds is 4. The third-order valence-corrected chi connectivity index (χ3v) is 5.19. The van der Waals surface area contributed by atoms with E-state index in [1.165, 1.54) is 7.05 Å². The van der Waals surface area contributed by atoms with Gasteiger partial charge in [0.05, 0.1) is 13.0 Å². The highest BCUT2D eigenvalue weighted by Gasteiger charge is 2.32. The zero-order chi connectivity index (χ0) is 17.3. The molecule has 1 aromatic heterocycles. The predicted octanol–water partition coefficient (Wildman–Crippen LogP) is 0.0693. The molecule has 1 aliphatic rings. The van der Waals surface area contributed by atoms with Crippen molar-refractivity contribution in [3.8, 4) is 0 Å². The smallest absolute Gasteiger partial charge is 0.330 e. The van der Waals surface area contributed by atoms with Crippen LogP contribution in [0, 0.1) is 0 Å². The van der Waals surface area contributed by atoms with Crippen LogP contribution in [-0.2, 0) is 32.8 Å². The Morgan fingerprint density at radius 1 is 1.04 bits per heavy atom. The van der Waals surface area contributed by atoms with Gasteiger partial charge in [-0.15, -0.1) is 5.06 Å². The van der Waals surface area contributed by atoms with E-state index in [4.69, 9.17) is 4.84 Å². The van der Waals surface area contributed by atoms with E-state index >= 15 is 0 Å². The number of carbonyl (C=O) groups excluding carboxylic acids is 3. The molecule has 23 heavy (non-hydrogen) atoms. The zero-order valence-electron chi connectivity index (χ0n) is 11.9. The molecule has 0 atom stereocenters. The first-order valence-electron chi connectivity index (χ1n) is 6.45. The van der Waals surface area contributed by atoms with Gasteiger partial charge in [-0.1, -0.05) is 0 Å². The average molecular weight is 453 g/mol. The molecule has 0 saturated carbocycles. The van der Waals surface area contributed by atoms with Gasteiger partial charge in [0.25, 0.3) is 22.9 Å². The van der Waals surface area contributed by atoms with Gasteiger partial charge in [-0.05, 0) is 31.9 Å². The molecular weight excluding hydrogens is 442 g/mol. The summed E-state index contributed by atoms with van der Waals surface area (Å²) in [6.07, 6.45) is -0.294. The van der Waals surface area contributed by atoms with E-state index in [0.717, 1.165) is 9.36 Å². The fourth-order valence-corrected chi connectivity index (χ4v) is 2.74. The molecule has 2 amide bonds. The van der Waals surface area contributed by atoms with Crippen LogP contribution < -0.4 is 11.1 Å². The minimum atomic E-state index is -0.855. The number of imide groups is 1. The van der Waals surface area contributed by atoms with Crippen LogP contribution in [0.25, 0.3) is 0 Å². The van der Waals surface area contributed by atoms with E-state index in [1.54, 1.807) is 0 Å². The van der Waals surface area contributed by atoms with E-state index in [0.29, 0.717) is 5.06 Å². The molecule has 1 aromatic rings. The Balaban J connectivity index is 2.11. The Kier molecular flexibility index (Phi) is 5.19. The number of amides is 2. The molecule has 0 N–H and O–H groups in total. The Hall–Kier alpha value is -1.75. The van der Waals surface area contributed by atoms with Crippen LogP contribution >= 0.6 is 31.9 Å². The maximum Gasteiger partial charge on any atom is 0.335 e. The first kappa shape index (κ1) is 17.6. The molecule has 1 fully saturated rings. The Labute approximate surface area is 146 Å². The minimum absolute atomic E-state index is 0.000266. The highest BCUT2D eigenvalue weighted by molar-refractivity contribution is 9.13. The van der Waals surface area contributed by atoms with Gasteiger partial charge in [0.2, 0.25) is 0 Å². The second-order valence-electron chi connectivity index (χ2n) is 4.68. The second-order valence-corrected chi connectivity index (χ2v) is 6.27.